The number of aryl methyl sites for hydroxylation is 1. The van der Waals surface area contributed by atoms with Gasteiger partial charge in [0.15, 0.2) is 5.82 Å². The normalized spacial score (nSPS) is 11.1. The summed E-state index contributed by atoms with van der Waals surface area (Å²) in [5.74, 6) is 1.37. The van der Waals surface area contributed by atoms with Crippen LogP contribution in [0.25, 0.3) is 11.4 Å². The van der Waals surface area contributed by atoms with Gasteiger partial charge in [-0.3, -0.25) is 0 Å². The van der Waals surface area contributed by atoms with Crippen molar-refractivity contribution in [2.45, 2.75) is 13.8 Å². The lowest BCUT2D eigenvalue weighted by atomic mass is 10.2. The van der Waals surface area contributed by atoms with Crippen LogP contribution in [0.15, 0.2) is 53.6 Å². The molecule has 0 atom stereocenters. The number of aromatic nitrogens is 3. The molecule has 1 aromatic heterocycles. The monoisotopic (exact) mass is 338 g/mol. The van der Waals surface area contributed by atoms with E-state index in [-0.39, 0.29) is 0 Å². The molecule has 1 heterocycles. The molecule has 5 nitrogen and oxygen atoms in total. The van der Waals surface area contributed by atoms with Crippen LogP contribution in [0.1, 0.15) is 18.1 Å². The number of nitrogens with one attached hydrogen (secondary N) is 1. The number of nitrogens with zero attached hydrogens (tertiary/aromatic N) is 3. The van der Waals surface area contributed by atoms with Crippen LogP contribution in [0.2, 0.25) is 0 Å². The second-order valence-electron chi connectivity index (χ2n) is 5.25. The molecule has 2 aromatic carbocycles. The molecule has 0 radical (unpaired) electrons. The molecule has 3 rings (SSSR count). The molecular weight excluding hydrogens is 320 g/mol. The first-order chi connectivity index (χ1) is 11.7. The van der Waals surface area contributed by atoms with Crippen molar-refractivity contribution < 1.29 is 4.74 Å². The Morgan fingerprint density at radius 1 is 1.21 bits per heavy atom. The van der Waals surface area contributed by atoms with E-state index in [1.807, 2.05) is 55.5 Å². The fraction of sp³-hybridized carbons (Fsp3) is 0.167. The van der Waals surface area contributed by atoms with Crippen LogP contribution in [0.3, 0.4) is 0 Å². The number of benzene rings is 2. The molecule has 122 valence electrons. The zero-order chi connectivity index (χ0) is 16.9. The first-order valence-corrected chi connectivity index (χ1v) is 8.10. The fourth-order valence-electron chi connectivity index (χ4n) is 2.28. The van der Waals surface area contributed by atoms with E-state index < -0.39 is 0 Å². The Labute approximate surface area is 145 Å². The average molecular weight is 338 g/mol. The van der Waals surface area contributed by atoms with E-state index in [9.17, 15) is 0 Å². The van der Waals surface area contributed by atoms with Gasteiger partial charge in [-0.25, -0.2) is 5.10 Å². The van der Waals surface area contributed by atoms with Gasteiger partial charge in [-0.2, -0.15) is 14.9 Å². The van der Waals surface area contributed by atoms with Crippen LogP contribution in [-0.4, -0.2) is 27.7 Å². The van der Waals surface area contributed by atoms with E-state index in [1.54, 1.807) is 10.9 Å². The van der Waals surface area contributed by atoms with Gasteiger partial charge in [0.25, 0.3) is 0 Å². The maximum Gasteiger partial charge on any atom is 0.216 e. The van der Waals surface area contributed by atoms with Crippen LogP contribution < -0.4 is 4.74 Å². The Morgan fingerprint density at radius 3 is 2.71 bits per heavy atom. The fourth-order valence-corrected chi connectivity index (χ4v) is 2.46. The third-order valence-corrected chi connectivity index (χ3v) is 3.74. The smallest absolute Gasteiger partial charge is 0.216 e. The zero-order valence-electron chi connectivity index (χ0n) is 13.6. The van der Waals surface area contributed by atoms with Gasteiger partial charge in [0, 0.05) is 0 Å². The third kappa shape index (κ3) is 3.44. The largest absolute Gasteiger partial charge is 0.493 e. The summed E-state index contributed by atoms with van der Waals surface area (Å²) in [4.78, 5) is 0. The van der Waals surface area contributed by atoms with Crippen molar-refractivity contribution in [2.24, 2.45) is 5.10 Å². The summed E-state index contributed by atoms with van der Waals surface area (Å²) in [6.45, 7) is 4.58. The Hall–Kier alpha value is -2.73. The van der Waals surface area contributed by atoms with Crippen molar-refractivity contribution in [2.75, 3.05) is 6.61 Å². The molecule has 0 saturated carbocycles. The van der Waals surface area contributed by atoms with E-state index in [1.165, 1.54) is 5.56 Å². The van der Waals surface area contributed by atoms with Crippen LogP contribution in [0.4, 0.5) is 0 Å². The van der Waals surface area contributed by atoms with Gasteiger partial charge in [-0.05, 0) is 43.8 Å². The topological polar surface area (TPSA) is 55.2 Å². The number of rotatable bonds is 5. The highest BCUT2D eigenvalue weighted by Crippen LogP contribution is 2.28. The van der Waals surface area contributed by atoms with Crippen molar-refractivity contribution >= 4 is 18.4 Å². The minimum Gasteiger partial charge on any atom is -0.493 e. The molecule has 0 aliphatic rings. The van der Waals surface area contributed by atoms with Gasteiger partial charge < -0.3 is 4.74 Å². The highest BCUT2D eigenvalue weighted by atomic mass is 32.1. The minimum atomic E-state index is 0.430. The van der Waals surface area contributed by atoms with E-state index in [0.717, 1.165) is 16.9 Å². The lowest BCUT2D eigenvalue weighted by Crippen LogP contribution is -1.99. The molecule has 0 aliphatic carbocycles. The molecular formula is C18H18N4OS. The van der Waals surface area contributed by atoms with Gasteiger partial charge in [-0.15, -0.1) is 0 Å². The summed E-state index contributed by atoms with van der Waals surface area (Å²) in [5, 5.41) is 11.6. The third-order valence-electron chi connectivity index (χ3n) is 3.48. The lowest BCUT2D eigenvalue weighted by molar-refractivity contribution is 0.341. The first-order valence-electron chi connectivity index (χ1n) is 7.69. The highest BCUT2D eigenvalue weighted by molar-refractivity contribution is 7.71. The van der Waals surface area contributed by atoms with E-state index >= 15 is 0 Å². The minimum absolute atomic E-state index is 0.430. The average Bonchev–Trinajstić information content (AvgIpc) is 2.96. The Balaban J connectivity index is 2.01. The van der Waals surface area contributed by atoms with Crippen molar-refractivity contribution in [1.82, 2.24) is 14.9 Å². The van der Waals surface area contributed by atoms with Crippen LogP contribution in [-0.2, 0) is 0 Å². The number of aromatic amines is 1. The number of H-pyrrole nitrogens is 1. The van der Waals surface area contributed by atoms with Gasteiger partial charge >= 0.3 is 0 Å². The Kier molecular flexibility index (Phi) is 4.86. The van der Waals surface area contributed by atoms with Crippen molar-refractivity contribution in [1.29, 1.82) is 0 Å². The summed E-state index contributed by atoms with van der Waals surface area (Å²) in [6.07, 6.45) is 1.76. The van der Waals surface area contributed by atoms with Crippen LogP contribution in [0, 0.1) is 11.7 Å². The van der Waals surface area contributed by atoms with Crippen LogP contribution in [0.5, 0.6) is 5.75 Å². The lowest BCUT2D eigenvalue weighted by Gasteiger charge is -2.08. The molecule has 0 amide bonds. The van der Waals surface area contributed by atoms with Crippen molar-refractivity contribution in [3.8, 4) is 17.1 Å². The van der Waals surface area contributed by atoms with Crippen LogP contribution >= 0.6 is 12.2 Å². The Bertz CT molecular complexity index is 909. The van der Waals surface area contributed by atoms with Gasteiger partial charge in [0.2, 0.25) is 4.77 Å². The predicted molar refractivity (Wildman–Crippen MR) is 98.2 cm³/mol. The second kappa shape index (κ2) is 7.23. The first kappa shape index (κ1) is 16.1. The van der Waals surface area contributed by atoms with Crippen molar-refractivity contribution in [3.63, 3.8) is 0 Å². The molecule has 6 heteroatoms. The van der Waals surface area contributed by atoms with Gasteiger partial charge in [-0.1, -0.05) is 42.0 Å². The number of hydrogen-bond acceptors (Lipinski definition) is 4. The second-order valence-corrected chi connectivity index (χ2v) is 5.64. The highest BCUT2D eigenvalue weighted by Gasteiger charge is 2.13. The quantitative estimate of drug-likeness (QED) is 0.560. The molecule has 24 heavy (non-hydrogen) atoms. The number of para-hydroxylation sites is 1. The summed E-state index contributed by atoms with van der Waals surface area (Å²) < 4.78 is 7.71. The van der Waals surface area contributed by atoms with E-state index in [4.69, 9.17) is 17.0 Å². The number of ether oxygens (including phenoxy) is 1. The molecule has 3 aromatic rings. The molecule has 0 spiro atoms. The maximum atomic E-state index is 5.68. The van der Waals surface area contributed by atoms with E-state index in [2.05, 4.69) is 22.2 Å². The maximum absolute atomic E-state index is 5.68. The Morgan fingerprint density at radius 2 is 1.96 bits per heavy atom. The SMILES string of the molecule is CCOc1ccccc1-c1n[nH]c(=S)n1/N=C/c1ccc(C)cc1. The standard InChI is InChI=1S/C18H18N4OS/c1-3-23-16-7-5-4-6-15(16)17-20-21-18(24)22(17)19-12-14-10-8-13(2)9-11-14/h4-12H,3H2,1-2H3,(H,21,24)/b19-12+. The molecule has 0 fully saturated rings. The van der Waals surface area contributed by atoms with Crippen molar-refractivity contribution in [3.05, 3.63) is 64.4 Å². The van der Waals surface area contributed by atoms with E-state index in [0.29, 0.717) is 17.2 Å². The molecule has 1 N–H and O–H groups in total. The van der Waals surface area contributed by atoms with Gasteiger partial charge in [0.05, 0.1) is 18.4 Å². The van der Waals surface area contributed by atoms with Gasteiger partial charge in [0.1, 0.15) is 5.75 Å². The number of hydrogen-bond donors (Lipinski definition) is 1. The predicted octanol–water partition coefficient (Wildman–Crippen LogP) is 4.20. The molecule has 0 aliphatic heterocycles. The summed E-state index contributed by atoms with van der Waals surface area (Å²) >= 11 is 5.31. The molecule has 0 unspecified atom stereocenters. The molecule has 0 bridgehead atoms. The summed E-state index contributed by atoms with van der Waals surface area (Å²) in [7, 11) is 0. The summed E-state index contributed by atoms with van der Waals surface area (Å²) in [6, 6.07) is 15.8. The zero-order valence-corrected chi connectivity index (χ0v) is 14.4. The summed E-state index contributed by atoms with van der Waals surface area (Å²) in [5.41, 5.74) is 3.04. The molecule has 0 saturated heterocycles.